The Morgan fingerprint density at radius 1 is 1.38 bits per heavy atom. The van der Waals surface area contributed by atoms with Crippen LogP contribution in [0.5, 0.6) is 11.5 Å². The highest BCUT2D eigenvalue weighted by atomic mass is 19.1. The molecule has 0 saturated carbocycles. The number of hydrogen-bond donors (Lipinski definition) is 1. The highest BCUT2D eigenvalue weighted by Crippen LogP contribution is 2.15. The van der Waals surface area contributed by atoms with Crippen molar-refractivity contribution in [3.05, 3.63) is 54.1 Å². The zero-order valence-electron chi connectivity index (χ0n) is 11.5. The van der Waals surface area contributed by atoms with E-state index in [1.165, 1.54) is 35.5 Å². The third-order valence-electron chi connectivity index (χ3n) is 2.84. The second-order valence-corrected chi connectivity index (χ2v) is 4.44. The zero-order valence-corrected chi connectivity index (χ0v) is 11.5. The molecule has 0 spiro atoms. The molecule has 0 unspecified atom stereocenters. The first kappa shape index (κ1) is 14.8. The molecule has 0 bridgehead atoms. The molecule has 5 nitrogen and oxygen atoms in total. The molecular formula is C15H15FN2O3. The van der Waals surface area contributed by atoms with Crippen LogP contribution in [-0.2, 0) is 0 Å². The van der Waals surface area contributed by atoms with Crippen LogP contribution in [-0.4, -0.2) is 41.1 Å². The van der Waals surface area contributed by atoms with Crippen molar-refractivity contribution >= 4 is 5.91 Å². The lowest BCUT2D eigenvalue weighted by Gasteiger charge is -2.17. The Hall–Kier alpha value is -2.63. The monoisotopic (exact) mass is 290 g/mol. The highest BCUT2D eigenvalue weighted by molar-refractivity contribution is 5.94. The van der Waals surface area contributed by atoms with Gasteiger partial charge in [0.15, 0.2) is 11.6 Å². The zero-order chi connectivity index (χ0) is 15.2. The minimum atomic E-state index is -0.441. The molecule has 0 saturated heterocycles. The maximum absolute atomic E-state index is 13.3. The fraction of sp³-hybridized carbons (Fsp3) is 0.200. The fourth-order valence-electron chi connectivity index (χ4n) is 1.72. The Labute approximate surface area is 121 Å². The molecule has 110 valence electrons. The molecule has 0 aliphatic carbocycles. The summed E-state index contributed by atoms with van der Waals surface area (Å²) in [5, 5.41) is 9.30. The van der Waals surface area contributed by atoms with Gasteiger partial charge in [-0.1, -0.05) is 12.1 Å². The van der Waals surface area contributed by atoms with Crippen molar-refractivity contribution < 1.29 is 19.0 Å². The number of pyridine rings is 1. The molecule has 2 aromatic rings. The summed E-state index contributed by atoms with van der Waals surface area (Å²) < 4.78 is 18.6. The Kier molecular flexibility index (Phi) is 4.71. The molecular weight excluding hydrogens is 275 g/mol. The number of ether oxygens (including phenoxy) is 1. The summed E-state index contributed by atoms with van der Waals surface area (Å²) in [6, 6.07) is 7.42. The molecule has 1 heterocycles. The van der Waals surface area contributed by atoms with Crippen molar-refractivity contribution in [2.75, 3.05) is 20.2 Å². The lowest BCUT2D eigenvalue weighted by atomic mass is 10.2. The van der Waals surface area contributed by atoms with Crippen LogP contribution < -0.4 is 4.74 Å². The van der Waals surface area contributed by atoms with Crippen molar-refractivity contribution in [1.29, 1.82) is 0 Å². The minimum absolute atomic E-state index is 0.0724. The van der Waals surface area contributed by atoms with E-state index in [-0.39, 0.29) is 36.1 Å². The van der Waals surface area contributed by atoms with E-state index in [0.29, 0.717) is 0 Å². The van der Waals surface area contributed by atoms with Gasteiger partial charge in [-0.2, -0.15) is 0 Å². The molecule has 21 heavy (non-hydrogen) atoms. The van der Waals surface area contributed by atoms with Gasteiger partial charge in [-0.15, -0.1) is 0 Å². The number of aromatic nitrogens is 1. The van der Waals surface area contributed by atoms with Crippen LogP contribution in [0.25, 0.3) is 0 Å². The smallest absolute Gasteiger partial charge is 0.255 e. The number of benzene rings is 1. The lowest BCUT2D eigenvalue weighted by Crippen LogP contribution is -2.31. The maximum Gasteiger partial charge on any atom is 0.255 e. The number of aromatic hydroxyl groups is 1. The van der Waals surface area contributed by atoms with Crippen LogP contribution in [0.4, 0.5) is 4.39 Å². The van der Waals surface area contributed by atoms with Gasteiger partial charge < -0.3 is 14.7 Å². The number of hydrogen-bond acceptors (Lipinski definition) is 4. The van der Waals surface area contributed by atoms with Crippen LogP contribution in [0.1, 0.15) is 10.4 Å². The van der Waals surface area contributed by atoms with E-state index in [2.05, 4.69) is 4.98 Å². The van der Waals surface area contributed by atoms with Crippen molar-refractivity contribution in [1.82, 2.24) is 9.88 Å². The van der Waals surface area contributed by atoms with E-state index in [4.69, 9.17) is 4.74 Å². The highest BCUT2D eigenvalue weighted by Gasteiger charge is 2.13. The summed E-state index contributed by atoms with van der Waals surface area (Å²) in [4.78, 5) is 17.2. The average molecular weight is 290 g/mol. The maximum atomic E-state index is 13.3. The van der Waals surface area contributed by atoms with Crippen molar-refractivity contribution in [3.63, 3.8) is 0 Å². The van der Waals surface area contributed by atoms with Gasteiger partial charge in [0.2, 0.25) is 0 Å². The van der Waals surface area contributed by atoms with Crippen LogP contribution in [0, 0.1) is 5.82 Å². The summed E-state index contributed by atoms with van der Waals surface area (Å²) in [5.74, 6) is -0.659. The summed E-state index contributed by atoms with van der Waals surface area (Å²) in [7, 11) is 1.59. The predicted octanol–water partition coefficient (Wildman–Crippen LogP) is 2.08. The molecule has 0 aliphatic heterocycles. The Balaban J connectivity index is 1.89. The van der Waals surface area contributed by atoms with Gasteiger partial charge in [0.05, 0.1) is 18.3 Å². The molecule has 1 N–H and O–H groups in total. The molecule has 0 aliphatic rings. The van der Waals surface area contributed by atoms with Gasteiger partial charge >= 0.3 is 0 Å². The van der Waals surface area contributed by atoms with Crippen molar-refractivity contribution in [2.24, 2.45) is 0 Å². The van der Waals surface area contributed by atoms with Crippen LogP contribution in [0.2, 0.25) is 0 Å². The quantitative estimate of drug-likeness (QED) is 0.915. The summed E-state index contributed by atoms with van der Waals surface area (Å²) in [6.07, 6.45) is 2.62. The molecule has 1 aromatic carbocycles. The van der Waals surface area contributed by atoms with Gasteiger partial charge in [0, 0.05) is 13.2 Å². The molecule has 0 radical (unpaired) electrons. The second kappa shape index (κ2) is 6.69. The van der Waals surface area contributed by atoms with Crippen LogP contribution >= 0.6 is 0 Å². The van der Waals surface area contributed by atoms with Crippen molar-refractivity contribution in [3.8, 4) is 11.5 Å². The number of amides is 1. The van der Waals surface area contributed by atoms with E-state index in [0.717, 1.165) is 0 Å². The summed E-state index contributed by atoms with van der Waals surface area (Å²) >= 11 is 0. The van der Waals surface area contributed by atoms with E-state index < -0.39 is 5.82 Å². The van der Waals surface area contributed by atoms with E-state index in [1.807, 2.05) is 0 Å². The third-order valence-corrected chi connectivity index (χ3v) is 2.84. The van der Waals surface area contributed by atoms with Gasteiger partial charge in [-0.3, -0.25) is 9.78 Å². The number of rotatable bonds is 5. The van der Waals surface area contributed by atoms with Gasteiger partial charge in [0.25, 0.3) is 5.91 Å². The van der Waals surface area contributed by atoms with E-state index >= 15 is 0 Å². The number of likely N-dealkylation sites (N-methyl/N-ethyl adjacent to an activating group) is 1. The average Bonchev–Trinajstić information content (AvgIpc) is 2.48. The van der Waals surface area contributed by atoms with Crippen LogP contribution in [0.15, 0.2) is 42.7 Å². The molecule has 0 atom stereocenters. The SMILES string of the molecule is CN(CCOc1ccccc1F)C(=O)c1cncc(O)c1. The summed E-state index contributed by atoms with van der Waals surface area (Å²) in [5.41, 5.74) is 0.281. The van der Waals surface area contributed by atoms with Crippen molar-refractivity contribution in [2.45, 2.75) is 0 Å². The number of carbonyl (C=O) groups is 1. The fourth-order valence-corrected chi connectivity index (χ4v) is 1.72. The number of carbonyl (C=O) groups excluding carboxylic acids is 1. The predicted molar refractivity (Wildman–Crippen MR) is 74.8 cm³/mol. The van der Waals surface area contributed by atoms with E-state index in [1.54, 1.807) is 19.2 Å². The Morgan fingerprint density at radius 3 is 2.86 bits per heavy atom. The van der Waals surface area contributed by atoms with E-state index in [9.17, 15) is 14.3 Å². The molecule has 6 heteroatoms. The normalized spacial score (nSPS) is 10.2. The molecule has 1 aromatic heterocycles. The van der Waals surface area contributed by atoms with Gasteiger partial charge in [-0.05, 0) is 18.2 Å². The lowest BCUT2D eigenvalue weighted by molar-refractivity contribution is 0.0772. The van der Waals surface area contributed by atoms with Gasteiger partial charge in [-0.25, -0.2) is 4.39 Å². The molecule has 0 fully saturated rings. The summed E-state index contributed by atoms with van der Waals surface area (Å²) in [6.45, 7) is 0.443. The molecule has 2 rings (SSSR count). The number of para-hydroxylation sites is 1. The standard InChI is InChI=1S/C15H15FN2O3/c1-18(15(20)11-8-12(19)10-17-9-11)6-7-21-14-5-3-2-4-13(14)16/h2-5,8-10,19H,6-7H2,1H3. The molecule has 1 amide bonds. The Bertz CT molecular complexity index is 634. The largest absolute Gasteiger partial charge is 0.506 e. The Morgan fingerprint density at radius 2 is 2.14 bits per heavy atom. The first-order chi connectivity index (χ1) is 10.1. The number of nitrogens with zero attached hydrogens (tertiary/aromatic N) is 2. The third kappa shape index (κ3) is 3.92. The topological polar surface area (TPSA) is 62.7 Å². The van der Waals surface area contributed by atoms with Gasteiger partial charge in [0.1, 0.15) is 12.4 Å². The first-order valence-electron chi connectivity index (χ1n) is 6.35. The minimum Gasteiger partial charge on any atom is -0.506 e. The first-order valence-corrected chi connectivity index (χ1v) is 6.35. The second-order valence-electron chi connectivity index (χ2n) is 4.44. The number of halogens is 1. The van der Waals surface area contributed by atoms with Crippen LogP contribution in [0.3, 0.4) is 0 Å².